The summed E-state index contributed by atoms with van der Waals surface area (Å²) < 4.78 is 40.4. The van der Waals surface area contributed by atoms with Crippen molar-refractivity contribution in [1.29, 1.82) is 5.26 Å². The molecule has 0 saturated carbocycles. The number of nitriles is 1. The standard InChI is InChI=1S/C24H31F3N4O2/c1-4-5-22(32)30-10-8-16(9-11-30)19-14-31(15-20(19)23(33)29(2)3)18-7-6-17(13-28)21(12-18)24(25,26)27/h6-7,12,16,19-20H,4-5,8-11,14-15H2,1-3H3/t19-,20+/m0/s1. The lowest BCUT2D eigenvalue weighted by molar-refractivity contribution is -0.138. The van der Waals surface area contributed by atoms with E-state index >= 15 is 0 Å². The summed E-state index contributed by atoms with van der Waals surface area (Å²) >= 11 is 0. The van der Waals surface area contributed by atoms with E-state index in [1.807, 2.05) is 16.7 Å². The zero-order chi connectivity index (χ0) is 24.3. The van der Waals surface area contributed by atoms with Gasteiger partial charge in [-0.1, -0.05) is 6.92 Å². The molecular formula is C24H31F3N4O2. The highest BCUT2D eigenvalue weighted by Gasteiger charge is 2.44. The second-order valence-corrected chi connectivity index (χ2v) is 9.22. The smallest absolute Gasteiger partial charge is 0.370 e. The van der Waals surface area contributed by atoms with Crippen molar-refractivity contribution in [2.24, 2.45) is 17.8 Å². The topological polar surface area (TPSA) is 67.6 Å². The van der Waals surface area contributed by atoms with Crippen LogP contribution < -0.4 is 4.90 Å². The van der Waals surface area contributed by atoms with Crippen LogP contribution >= 0.6 is 0 Å². The number of rotatable bonds is 5. The quantitative estimate of drug-likeness (QED) is 0.666. The molecule has 0 radical (unpaired) electrons. The molecule has 6 nitrogen and oxygen atoms in total. The molecule has 0 aromatic heterocycles. The van der Waals surface area contributed by atoms with Gasteiger partial charge in [0.2, 0.25) is 11.8 Å². The van der Waals surface area contributed by atoms with Gasteiger partial charge in [-0.25, -0.2) is 0 Å². The van der Waals surface area contributed by atoms with Crippen LogP contribution in [0.2, 0.25) is 0 Å². The van der Waals surface area contributed by atoms with Crippen molar-refractivity contribution in [1.82, 2.24) is 9.80 Å². The largest absolute Gasteiger partial charge is 0.417 e. The first-order valence-corrected chi connectivity index (χ1v) is 11.4. The van der Waals surface area contributed by atoms with Crippen LogP contribution in [0, 0.1) is 29.1 Å². The van der Waals surface area contributed by atoms with E-state index in [4.69, 9.17) is 5.26 Å². The van der Waals surface area contributed by atoms with Crippen molar-refractivity contribution in [3.63, 3.8) is 0 Å². The van der Waals surface area contributed by atoms with Gasteiger partial charge in [0.25, 0.3) is 0 Å². The highest BCUT2D eigenvalue weighted by atomic mass is 19.4. The molecular weight excluding hydrogens is 433 g/mol. The van der Waals surface area contributed by atoms with Gasteiger partial charge in [-0.15, -0.1) is 0 Å². The van der Waals surface area contributed by atoms with Gasteiger partial charge in [0.05, 0.1) is 23.1 Å². The normalized spacial score (nSPS) is 21.7. The van der Waals surface area contributed by atoms with Gasteiger partial charge in [-0.3, -0.25) is 9.59 Å². The summed E-state index contributed by atoms with van der Waals surface area (Å²) in [4.78, 5) is 30.5. The molecule has 2 saturated heterocycles. The Morgan fingerprint density at radius 3 is 2.39 bits per heavy atom. The number of alkyl halides is 3. The predicted octanol–water partition coefficient (Wildman–Crippen LogP) is 3.76. The fourth-order valence-electron chi connectivity index (χ4n) is 5.12. The zero-order valence-corrected chi connectivity index (χ0v) is 19.4. The molecule has 9 heteroatoms. The minimum Gasteiger partial charge on any atom is -0.370 e. The summed E-state index contributed by atoms with van der Waals surface area (Å²) in [7, 11) is 3.38. The highest BCUT2D eigenvalue weighted by Crippen LogP contribution is 2.40. The maximum atomic E-state index is 13.5. The van der Waals surface area contributed by atoms with Crippen molar-refractivity contribution in [2.45, 2.75) is 38.8 Å². The fourth-order valence-corrected chi connectivity index (χ4v) is 5.12. The van der Waals surface area contributed by atoms with E-state index in [-0.39, 0.29) is 29.6 Å². The Morgan fingerprint density at radius 2 is 1.85 bits per heavy atom. The van der Waals surface area contributed by atoms with Crippen molar-refractivity contribution in [3.05, 3.63) is 29.3 Å². The number of piperidine rings is 1. The van der Waals surface area contributed by atoms with Gasteiger partial charge in [0, 0.05) is 52.4 Å². The third kappa shape index (κ3) is 5.43. The van der Waals surface area contributed by atoms with Gasteiger partial charge < -0.3 is 14.7 Å². The minimum absolute atomic E-state index is 0.00620. The summed E-state index contributed by atoms with van der Waals surface area (Å²) in [6.07, 6.45) is -1.72. The zero-order valence-electron chi connectivity index (χ0n) is 19.4. The highest BCUT2D eigenvalue weighted by molar-refractivity contribution is 5.80. The lowest BCUT2D eigenvalue weighted by Gasteiger charge is -2.36. The number of benzene rings is 1. The van der Waals surface area contributed by atoms with Gasteiger partial charge in [-0.05, 0) is 49.3 Å². The molecule has 2 aliphatic heterocycles. The van der Waals surface area contributed by atoms with E-state index in [0.717, 1.165) is 25.3 Å². The number of carbonyl (C=O) groups is 2. The van der Waals surface area contributed by atoms with Crippen molar-refractivity contribution < 1.29 is 22.8 Å². The lowest BCUT2D eigenvalue weighted by atomic mass is 9.78. The first kappa shape index (κ1) is 24.9. The molecule has 0 spiro atoms. The fraction of sp³-hybridized carbons (Fsp3) is 0.625. The number of hydrogen-bond acceptors (Lipinski definition) is 4. The Bertz CT molecular complexity index is 917. The van der Waals surface area contributed by atoms with Crippen molar-refractivity contribution in [2.75, 3.05) is 45.2 Å². The van der Waals surface area contributed by atoms with Crippen LogP contribution in [-0.2, 0) is 15.8 Å². The number of anilines is 1. The van der Waals surface area contributed by atoms with Crippen LogP contribution in [0.15, 0.2) is 18.2 Å². The molecule has 33 heavy (non-hydrogen) atoms. The Labute approximate surface area is 192 Å². The lowest BCUT2D eigenvalue weighted by Crippen LogP contribution is -2.43. The molecule has 180 valence electrons. The average Bonchev–Trinajstić information content (AvgIpc) is 3.23. The maximum Gasteiger partial charge on any atom is 0.417 e. The third-order valence-electron chi connectivity index (χ3n) is 6.88. The van der Waals surface area contributed by atoms with Gasteiger partial charge in [-0.2, -0.15) is 18.4 Å². The molecule has 3 rings (SSSR count). The molecule has 2 heterocycles. The molecule has 2 atom stereocenters. The predicted molar refractivity (Wildman–Crippen MR) is 118 cm³/mol. The van der Waals surface area contributed by atoms with Crippen LogP contribution in [-0.4, -0.2) is 61.9 Å². The molecule has 2 amide bonds. The van der Waals surface area contributed by atoms with Crippen LogP contribution in [0.25, 0.3) is 0 Å². The molecule has 2 fully saturated rings. The number of amides is 2. The third-order valence-corrected chi connectivity index (χ3v) is 6.88. The summed E-state index contributed by atoms with van der Waals surface area (Å²) in [6, 6.07) is 5.36. The monoisotopic (exact) mass is 464 g/mol. The molecule has 0 unspecified atom stereocenters. The van der Waals surface area contributed by atoms with E-state index in [0.29, 0.717) is 38.3 Å². The number of likely N-dealkylation sites (tertiary alicyclic amines) is 1. The maximum absolute atomic E-state index is 13.5. The number of halogens is 3. The second kappa shape index (κ2) is 10.0. The Balaban J connectivity index is 1.82. The Morgan fingerprint density at radius 1 is 1.18 bits per heavy atom. The van der Waals surface area contributed by atoms with Gasteiger partial charge in [0.15, 0.2) is 0 Å². The van der Waals surface area contributed by atoms with Crippen LogP contribution in [0.3, 0.4) is 0 Å². The van der Waals surface area contributed by atoms with E-state index < -0.39 is 17.3 Å². The van der Waals surface area contributed by atoms with Crippen LogP contribution in [0.5, 0.6) is 0 Å². The number of nitrogens with zero attached hydrogens (tertiary/aromatic N) is 4. The van der Waals surface area contributed by atoms with E-state index in [2.05, 4.69) is 0 Å². The Kier molecular flexibility index (Phi) is 7.55. The summed E-state index contributed by atoms with van der Waals surface area (Å²) in [5.41, 5.74) is -0.993. The molecule has 0 bridgehead atoms. The van der Waals surface area contributed by atoms with E-state index in [9.17, 15) is 22.8 Å². The molecule has 2 aliphatic rings. The second-order valence-electron chi connectivity index (χ2n) is 9.22. The first-order chi connectivity index (χ1) is 15.6. The molecule has 1 aromatic carbocycles. The van der Waals surface area contributed by atoms with E-state index in [1.54, 1.807) is 25.1 Å². The van der Waals surface area contributed by atoms with Crippen molar-refractivity contribution in [3.8, 4) is 6.07 Å². The first-order valence-electron chi connectivity index (χ1n) is 11.4. The molecule has 1 aromatic rings. The molecule has 0 aliphatic carbocycles. The van der Waals surface area contributed by atoms with Crippen LogP contribution in [0.1, 0.15) is 43.7 Å². The summed E-state index contributed by atoms with van der Waals surface area (Å²) in [6.45, 7) is 4.08. The summed E-state index contributed by atoms with van der Waals surface area (Å²) in [5.74, 6) is 0.00934. The number of carbonyl (C=O) groups excluding carboxylic acids is 2. The minimum atomic E-state index is -4.63. The SMILES string of the molecule is CCCC(=O)N1CCC([C@@H]2CN(c3ccc(C#N)c(C(F)(F)F)c3)C[C@H]2C(=O)N(C)C)CC1. The summed E-state index contributed by atoms with van der Waals surface area (Å²) in [5, 5.41) is 9.08. The average molecular weight is 465 g/mol. The van der Waals surface area contributed by atoms with Gasteiger partial charge in [0.1, 0.15) is 0 Å². The van der Waals surface area contributed by atoms with Crippen LogP contribution in [0.4, 0.5) is 18.9 Å². The van der Waals surface area contributed by atoms with Gasteiger partial charge >= 0.3 is 6.18 Å². The molecule has 0 N–H and O–H groups in total. The van der Waals surface area contributed by atoms with Crippen molar-refractivity contribution >= 4 is 17.5 Å². The Hall–Kier alpha value is -2.76. The van der Waals surface area contributed by atoms with E-state index in [1.165, 1.54) is 12.1 Å². The number of hydrogen-bond donors (Lipinski definition) is 0.